The standard InChI is InChI=1S/C23H15Cl2NO4S/c24-17-10-7-15(11-18(17)25)13-29-16-8-5-14(6-9-16)12-21(22(27)28)31-23-26-19-3-1-2-4-20(19)30-23/h1-12H,13H2,(H,27,28)/b21-12-. The average Bonchev–Trinajstić information content (AvgIpc) is 3.17. The summed E-state index contributed by atoms with van der Waals surface area (Å²) >= 11 is 12.9. The van der Waals surface area contributed by atoms with Gasteiger partial charge in [-0.3, -0.25) is 0 Å². The third kappa shape index (κ3) is 5.41. The maximum absolute atomic E-state index is 11.7. The van der Waals surface area contributed by atoms with Crippen molar-refractivity contribution >= 4 is 58.1 Å². The van der Waals surface area contributed by atoms with E-state index in [4.69, 9.17) is 32.4 Å². The topological polar surface area (TPSA) is 72.6 Å². The number of oxazole rings is 1. The predicted octanol–water partition coefficient (Wildman–Crippen LogP) is 6.93. The Morgan fingerprint density at radius 2 is 1.84 bits per heavy atom. The first-order valence-corrected chi connectivity index (χ1v) is 10.7. The third-order valence-corrected chi connectivity index (χ3v) is 5.85. The van der Waals surface area contributed by atoms with E-state index in [1.165, 1.54) is 0 Å². The predicted molar refractivity (Wildman–Crippen MR) is 123 cm³/mol. The van der Waals surface area contributed by atoms with Gasteiger partial charge in [-0.15, -0.1) is 0 Å². The van der Waals surface area contributed by atoms with Crippen molar-refractivity contribution < 1.29 is 19.1 Å². The smallest absolute Gasteiger partial charge is 0.342 e. The minimum atomic E-state index is -1.06. The first-order chi connectivity index (χ1) is 15.0. The van der Waals surface area contributed by atoms with Crippen LogP contribution in [0.1, 0.15) is 11.1 Å². The molecule has 0 saturated heterocycles. The number of benzene rings is 3. The lowest BCUT2D eigenvalue weighted by atomic mass is 10.2. The molecule has 31 heavy (non-hydrogen) atoms. The van der Waals surface area contributed by atoms with Gasteiger partial charge in [0.25, 0.3) is 5.22 Å². The molecule has 0 atom stereocenters. The summed E-state index contributed by atoms with van der Waals surface area (Å²) in [5.41, 5.74) is 2.89. The summed E-state index contributed by atoms with van der Waals surface area (Å²) < 4.78 is 11.4. The lowest BCUT2D eigenvalue weighted by molar-refractivity contribution is -0.131. The summed E-state index contributed by atoms with van der Waals surface area (Å²) in [6.45, 7) is 0.333. The number of carboxylic acid groups (broad SMARTS) is 1. The summed E-state index contributed by atoms with van der Waals surface area (Å²) in [7, 11) is 0. The van der Waals surface area contributed by atoms with E-state index in [0.717, 1.165) is 17.3 Å². The molecule has 0 saturated carbocycles. The highest BCUT2D eigenvalue weighted by Crippen LogP contribution is 2.31. The Labute approximate surface area is 192 Å². The Morgan fingerprint density at radius 3 is 2.55 bits per heavy atom. The summed E-state index contributed by atoms with van der Waals surface area (Å²) in [6, 6.07) is 19.7. The Bertz CT molecular complexity index is 1240. The van der Waals surface area contributed by atoms with Crippen LogP contribution in [-0.4, -0.2) is 16.1 Å². The van der Waals surface area contributed by atoms with Crippen molar-refractivity contribution in [3.8, 4) is 5.75 Å². The van der Waals surface area contributed by atoms with Crippen LogP contribution in [-0.2, 0) is 11.4 Å². The first kappa shape index (κ1) is 21.3. The fraction of sp³-hybridized carbons (Fsp3) is 0.0435. The number of hydrogen-bond donors (Lipinski definition) is 1. The van der Waals surface area contributed by atoms with Crippen LogP contribution >= 0.6 is 35.0 Å². The van der Waals surface area contributed by atoms with Crippen molar-refractivity contribution in [3.63, 3.8) is 0 Å². The van der Waals surface area contributed by atoms with Gasteiger partial charge in [-0.2, -0.15) is 0 Å². The maximum atomic E-state index is 11.7. The molecule has 0 radical (unpaired) electrons. The molecule has 5 nitrogen and oxygen atoms in total. The van der Waals surface area contributed by atoms with Gasteiger partial charge >= 0.3 is 5.97 Å². The van der Waals surface area contributed by atoms with E-state index in [1.807, 2.05) is 24.3 Å². The molecular formula is C23H15Cl2NO4S. The average molecular weight is 472 g/mol. The molecule has 0 bridgehead atoms. The van der Waals surface area contributed by atoms with Crippen molar-refractivity contribution in [2.24, 2.45) is 0 Å². The number of aromatic nitrogens is 1. The highest BCUT2D eigenvalue weighted by atomic mass is 35.5. The molecule has 0 fully saturated rings. The van der Waals surface area contributed by atoms with Crippen molar-refractivity contribution in [2.45, 2.75) is 11.8 Å². The van der Waals surface area contributed by atoms with Crippen molar-refractivity contribution in [2.75, 3.05) is 0 Å². The van der Waals surface area contributed by atoms with Crippen LogP contribution < -0.4 is 4.74 Å². The molecule has 4 rings (SSSR count). The molecule has 0 unspecified atom stereocenters. The summed E-state index contributed by atoms with van der Waals surface area (Å²) in [4.78, 5) is 16.1. The number of para-hydroxylation sites is 2. The van der Waals surface area contributed by atoms with E-state index in [-0.39, 0.29) is 10.1 Å². The molecule has 0 amide bonds. The van der Waals surface area contributed by atoms with Gasteiger partial charge in [-0.05, 0) is 65.4 Å². The van der Waals surface area contributed by atoms with Crippen LogP contribution in [0, 0.1) is 0 Å². The largest absolute Gasteiger partial charge is 0.489 e. The highest BCUT2D eigenvalue weighted by molar-refractivity contribution is 8.03. The van der Waals surface area contributed by atoms with Gasteiger partial charge in [0.2, 0.25) is 0 Å². The molecule has 156 valence electrons. The van der Waals surface area contributed by atoms with Gasteiger partial charge in [-0.25, -0.2) is 9.78 Å². The molecule has 0 spiro atoms. The molecule has 1 aromatic heterocycles. The fourth-order valence-electron chi connectivity index (χ4n) is 2.73. The van der Waals surface area contributed by atoms with Crippen molar-refractivity contribution in [1.29, 1.82) is 0 Å². The number of carboxylic acids is 1. The first-order valence-electron chi connectivity index (χ1n) is 9.13. The third-order valence-electron chi connectivity index (χ3n) is 4.25. The SMILES string of the molecule is O=C(O)/C(=C/c1ccc(OCc2ccc(Cl)c(Cl)c2)cc1)Sc1nc2ccccc2o1. The second-order valence-electron chi connectivity index (χ2n) is 6.47. The van der Waals surface area contributed by atoms with Crippen molar-refractivity contribution in [1.82, 2.24) is 4.98 Å². The summed E-state index contributed by atoms with van der Waals surface area (Å²) in [5.74, 6) is -0.418. The number of nitrogens with zero attached hydrogens (tertiary/aromatic N) is 1. The minimum Gasteiger partial charge on any atom is -0.489 e. The van der Waals surface area contributed by atoms with Crippen molar-refractivity contribution in [3.05, 3.63) is 92.8 Å². The summed E-state index contributed by atoms with van der Waals surface area (Å²) in [6.07, 6.45) is 1.56. The zero-order chi connectivity index (χ0) is 21.8. The van der Waals surface area contributed by atoms with Crippen LogP contribution in [0.5, 0.6) is 5.75 Å². The van der Waals surface area contributed by atoms with Gasteiger partial charge in [0, 0.05) is 0 Å². The number of thioether (sulfide) groups is 1. The molecule has 4 aromatic rings. The van der Waals surface area contributed by atoms with E-state index < -0.39 is 5.97 Å². The highest BCUT2D eigenvalue weighted by Gasteiger charge is 2.15. The zero-order valence-corrected chi connectivity index (χ0v) is 18.2. The van der Waals surface area contributed by atoms with E-state index in [1.54, 1.807) is 48.5 Å². The Hall–Kier alpha value is -2.93. The quantitative estimate of drug-likeness (QED) is 0.232. The molecule has 3 aromatic carbocycles. The molecule has 0 aliphatic heterocycles. The number of halogens is 2. The Morgan fingerprint density at radius 1 is 1.06 bits per heavy atom. The van der Waals surface area contributed by atoms with Crippen LogP contribution in [0.3, 0.4) is 0 Å². The van der Waals surface area contributed by atoms with Gasteiger partial charge in [0.05, 0.1) is 10.0 Å². The van der Waals surface area contributed by atoms with Crippen LogP contribution in [0.25, 0.3) is 17.2 Å². The molecule has 1 N–H and O–H groups in total. The second-order valence-corrected chi connectivity index (χ2v) is 8.28. The molecule has 1 heterocycles. The van der Waals surface area contributed by atoms with E-state index in [2.05, 4.69) is 4.98 Å². The number of carbonyl (C=O) groups is 1. The Kier molecular flexibility index (Phi) is 6.51. The Balaban J connectivity index is 1.45. The van der Waals surface area contributed by atoms with E-state index in [0.29, 0.717) is 39.1 Å². The van der Waals surface area contributed by atoms with E-state index in [9.17, 15) is 9.90 Å². The number of fused-ring (bicyclic) bond motifs is 1. The minimum absolute atomic E-state index is 0.0935. The monoisotopic (exact) mass is 471 g/mol. The fourth-order valence-corrected chi connectivity index (χ4v) is 3.80. The molecule has 8 heteroatoms. The number of ether oxygens (including phenoxy) is 1. The van der Waals surface area contributed by atoms with Crippen LogP contribution in [0.15, 0.2) is 81.3 Å². The van der Waals surface area contributed by atoms with Gasteiger partial charge < -0.3 is 14.3 Å². The van der Waals surface area contributed by atoms with Gasteiger partial charge in [0.1, 0.15) is 22.8 Å². The normalized spacial score (nSPS) is 11.6. The summed E-state index contributed by atoms with van der Waals surface area (Å²) in [5, 5.41) is 10.8. The molecule has 0 aliphatic rings. The van der Waals surface area contributed by atoms with Gasteiger partial charge in [-0.1, -0.05) is 53.5 Å². The zero-order valence-electron chi connectivity index (χ0n) is 15.9. The lowest BCUT2D eigenvalue weighted by Crippen LogP contribution is -1.97. The lowest BCUT2D eigenvalue weighted by Gasteiger charge is -2.08. The number of rotatable bonds is 7. The molecular weight excluding hydrogens is 457 g/mol. The number of aliphatic carboxylic acids is 1. The van der Waals surface area contributed by atoms with Crippen LogP contribution in [0.4, 0.5) is 0 Å². The second kappa shape index (κ2) is 9.47. The number of hydrogen-bond acceptors (Lipinski definition) is 5. The maximum Gasteiger partial charge on any atom is 0.342 e. The molecule has 0 aliphatic carbocycles. The van der Waals surface area contributed by atoms with Gasteiger partial charge in [0.15, 0.2) is 5.58 Å². The van der Waals surface area contributed by atoms with E-state index >= 15 is 0 Å². The van der Waals surface area contributed by atoms with Crippen LogP contribution in [0.2, 0.25) is 10.0 Å².